The summed E-state index contributed by atoms with van der Waals surface area (Å²) in [6.45, 7) is 5.70. The normalized spacial score (nSPS) is 13.7. The first-order valence-electron chi connectivity index (χ1n) is 5.72. The summed E-state index contributed by atoms with van der Waals surface area (Å²) in [5.41, 5.74) is 0. The number of amides is 2. The van der Waals surface area contributed by atoms with E-state index in [9.17, 15) is 9.59 Å². The zero-order chi connectivity index (χ0) is 13.7. The number of rotatable bonds is 5. The van der Waals surface area contributed by atoms with Crippen LogP contribution in [0.3, 0.4) is 0 Å². The molecular formula is C12H18N2O3S. The minimum absolute atomic E-state index is 0.346. The number of carboxylic acid groups (broad SMARTS) is 1. The first kappa shape index (κ1) is 14.5. The SMILES string of the molecule is Cc1ccc(CNC(=O)NC(C)C(C)C(=O)O)s1. The Hall–Kier alpha value is -1.56. The summed E-state index contributed by atoms with van der Waals surface area (Å²) in [6.07, 6.45) is 0. The minimum atomic E-state index is -0.920. The van der Waals surface area contributed by atoms with Crippen molar-refractivity contribution in [3.63, 3.8) is 0 Å². The summed E-state index contributed by atoms with van der Waals surface area (Å²) < 4.78 is 0. The van der Waals surface area contributed by atoms with Crippen molar-refractivity contribution in [2.24, 2.45) is 5.92 Å². The van der Waals surface area contributed by atoms with Crippen LogP contribution in [0.15, 0.2) is 12.1 Å². The van der Waals surface area contributed by atoms with Gasteiger partial charge in [-0.3, -0.25) is 4.79 Å². The molecule has 2 atom stereocenters. The first-order chi connectivity index (χ1) is 8.40. The number of urea groups is 1. The zero-order valence-corrected chi connectivity index (χ0v) is 11.5. The van der Waals surface area contributed by atoms with Gasteiger partial charge in [-0.25, -0.2) is 4.79 Å². The molecule has 0 aliphatic rings. The maximum absolute atomic E-state index is 11.6. The zero-order valence-electron chi connectivity index (χ0n) is 10.7. The van der Waals surface area contributed by atoms with Crippen molar-refractivity contribution in [2.75, 3.05) is 0 Å². The van der Waals surface area contributed by atoms with Crippen molar-refractivity contribution in [3.05, 3.63) is 21.9 Å². The first-order valence-corrected chi connectivity index (χ1v) is 6.54. The van der Waals surface area contributed by atoms with Gasteiger partial charge in [0.15, 0.2) is 0 Å². The van der Waals surface area contributed by atoms with Gasteiger partial charge in [0, 0.05) is 15.8 Å². The predicted octanol–water partition coefficient (Wildman–Crippen LogP) is 1.96. The molecule has 3 N–H and O–H groups in total. The van der Waals surface area contributed by atoms with Crippen molar-refractivity contribution < 1.29 is 14.7 Å². The van der Waals surface area contributed by atoms with E-state index in [1.54, 1.807) is 25.2 Å². The fraction of sp³-hybridized carbons (Fsp3) is 0.500. The van der Waals surface area contributed by atoms with Crippen LogP contribution in [0.4, 0.5) is 4.79 Å². The third kappa shape index (κ3) is 4.37. The van der Waals surface area contributed by atoms with Gasteiger partial charge < -0.3 is 15.7 Å². The van der Waals surface area contributed by atoms with E-state index in [-0.39, 0.29) is 6.03 Å². The van der Waals surface area contributed by atoms with Gasteiger partial charge >= 0.3 is 12.0 Å². The molecule has 0 aliphatic heterocycles. The van der Waals surface area contributed by atoms with Crippen molar-refractivity contribution in [2.45, 2.75) is 33.4 Å². The van der Waals surface area contributed by atoms with Crippen molar-refractivity contribution >= 4 is 23.3 Å². The number of hydrogen-bond acceptors (Lipinski definition) is 3. The average molecular weight is 270 g/mol. The average Bonchev–Trinajstić information content (AvgIpc) is 2.71. The minimum Gasteiger partial charge on any atom is -0.481 e. The molecule has 1 aromatic rings. The Labute approximate surface area is 110 Å². The molecule has 18 heavy (non-hydrogen) atoms. The Morgan fingerprint density at radius 1 is 1.39 bits per heavy atom. The van der Waals surface area contributed by atoms with Gasteiger partial charge in [-0.15, -0.1) is 11.3 Å². The van der Waals surface area contributed by atoms with Crippen LogP contribution in [-0.2, 0) is 11.3 Å². The Morgan fingerprint density at radius 3 is 2.56 bits per heavy atom. The molecule has 0 aromatic carbocycles. The molecule has 100 valence electrons. The lowest BCUT2D eigenvalue weighted by molar-refractivity contribution is -0.141. The van der Waals surface area contributed by atoms with Gasteiger partial charge in [0.05, 0.1) is 12.5 Å². The highest BCUT2D eigenvalue weighted by molar-refractivity contribution is 7.11. The van der Waals surface area contributed by atoms with Crippen LogP contribution in [0.2, 0.25) is 0 Å². The molecule has 1 rings (SSSR count). The molecule has 5 nitrogen and oxygen atoms in total. The number of nitrogens with one attached hydrogen (secondary N) is 2. The van der Waals surface area contributed by atoms with E-state index in [1.165, 1.54) is 4.88 Å². The summed E-state index contributed by atoms with van der Waals surface area (Å²) in [4.78, 5) is 24.5. The number of carboxylic acids is 1. The lowest BCUT2D eigenvalue weighted by atomic mass is 10.0. The summed E-state index contributed by atoms with van der Waals surface area (Å²) in [6, 6.07) is 3.20. The molecule has 0 fully saturated rings. The molecule has 6 heteroatoms. The molecule has 0 saturated heterocycles. The van der Waals surface area contributed by atoms with E-state index < -0.39 is 17.9 Å². The summed E-state index contributed by atoms with van der Waals surface area (Å²) in [7, 11) is 0. The molecule has 2 amide bonds. The fourth-order valence-electron chi connectivity index (χ4n) is 1.34. The maximum Gasteiger partial charge on any atom is 0.315 e. The van der Waals surface area contributed by atoms with Gasteiger partial charge in [0.2, 0.25) is 0 Å². The number of aryl methyl sites for hydroxylation is 1. The second-order valence-electron chi connectivity index (χ2n) is 4.25. The van der Waals surface area contributed by atoms with Gasteiger partial charge in [-0.2, -0.15) is 0 Å². The van der Waals surface area contributed by atoms with E-state index in [2.05, 4.69) is 10.6 Å². The molecule has 0 aliphatic carbocycles. The second-order valence-corrected chi connectivity index (χ2v) is 5.63. The molecule has 1 heterocycles. The van der Waals surface area contributed by atoms with E-state index in [4.69, 9.17) is 5.11 Å². The number of thiophene rings is 1. The fourth-order valence-corrected chi connectivity index (χ4v) is 2.17. The number of aliphatic carboxylic acids is 1. The highest BCUT2D eigenvalue weighted by Crippen LogP contribution is 2.14. The van der Waals surface area contributed by atoms with Crippen LogP contribution in [-0.4, -0.2) is 23.1 Å². The van der Waals surface area contributed by atoms with Crippen molar-refractivity contribution in [1.82, 2.24) is 10.6 Å². The van der Waals surface area contributed by atoms with Crippen LogP contribution in [0.25, 0.3) is 0 Å². The third-order valence-electron chi connectivity index (χ3n) is 2.72. The third-order valence-corrected chi connectivity index (χ3v) is 3.72. The smallest absolute Gasteiger partial charge is 0.315 e. The van der Waals surface area contributed by atoms with Crippen molar-refractivity contribution in [1.29, 1.82) is 0 Å². The molecule has 0 saturated carbocycles. The summed E-state index contributed by atoms with van der Waals surface area (Å²) >= 11 is 1.62. The van der Waals surface area contributed by atoms with Crippen LogP contribution in [0.1, 0.15) is 23.6 Å². The van der Waals surface area contributed by atoms with Gasteiger partial charge in [-0.1, -0.05) is 0 Å². The second kappa shape index (κ2) is 6.39. The molecular weight excluding hydrogens is 252 g/mol. The maximum atomic E-state index is 11.6. The molecule has 1 aromatic heterocycles. The van der Waals surface area contributed by atoms with Crippen molar-refractivity contribution in [3.8, 4) is 0 Å². The Kier molecular flexibility index (Phi) is 5.15. The monoisotopic (exact) mass is 270 g/mol. The predicted molar refractivity (Wildman–Crippen MR) is 70.7 cm³/mol. The molecule has 0 radical (unpaired) electrons. The topological polar surface area (TPSA) is 78.4 Å². The lowest BCUT2D eigenvalue weighted by Gasteiger charge is -2.17. The lowest BCUT2D eigenvalue weighted by Crippen LogP contribution is -2.44. The number of carbonyl (C=O) groups is 2. The number of carbonyl (C=O) groups excluding carboxylic acids is 1. The Balaban J connectivity index is 2.35. The van der Waals surface area contributed by atoms with E-state index in [0.29, 0.717) is 6.54 Å². The van der Waals surface area contributed by atoms with E-state index in [1.807, 2.05) is 19.1 Å². The Morgan fingerprint density at radius 2 is 2.06 bits per heavy atom. The summed E-state index contributed by atoms with van der Waals surface area (Å²) in [5.74, 6) is -1.53. The van der Waals surface area contributed by atoms with Gasteiger partial charge in [0.1, 0.15) is 0 Å². The molecule has 0 bridgehead atoms. The molecule has 0 spiro atoms. The standard InChI is InChI=1S/C12H18N2O3S/c1-7-4-5-10(18-7)6-13-12(17)14-9(3)8(2)11(15)16/h4-5,8-9H,6H2,1-3H3,(H,15,16)(H2,13,14,17). The van der Waals surface area contributed by atoms with Gasteiger partial charge in [0.25, 0.3) is 0 Å². The molecule has 2 unspecified atom stereocenters. The van der Waals surface area contributed by atoms with Crippen LogP contribution >= 0.6 is 11.3 Å². The van der Waals surface area contributed by atoms with Gasteiger partial charge in [-0.05, 0) is 32.9 Å². The Bertz CT molecular complexity index is 431. The largest absolute Gasteiger partial charge is 0.481 e. The highest BCUT2D eigenvalue weighted by Gasteiger charge is 2.20. The number of hydrogen-bond donors (Lipinski definition) is 3. The summed E-state index contributed by atoms with van der Waals surface area (Å²) in [5, 5.41) is 14.1. The van der Waals surface area contributed by atoms with Crippen LogP contribution < -0.4 is 10.6 Å². The van der Waals surface area contributed by atoms with E-state index >= 15 is 0 Å². The highest BCUT2D eigenvalue weighted by atomic mass is 32.1. The van der Waals surface area contributed by atoms with Crippen LogP contribution in [0, 0.1) is 12.8 Å². The van der Waals surface area contributed by atoms with E-state index in [0.717, 1.165) is 4.88 Å². The van der Waals surface area contributed by atoms with Crippen LogP contribution in [0.5, 0.6) is 0 Å². The quantitative estimate of drug-likeness (QED) is 0.765.